The summed E-state index contributed by atoms with van der Waals surface area (Å²) < 4.78 is 3.07. The van der Waals surface area contributed by atoms with E-state index in [1.165, 1.54) is 0 Å². The molecule has 0 saturated heterocycles. The summed E-state index contributed by atoms with van der Waals surface area (Å²) in [6.45, 7) is 8.31. The van der Waals surface area contributed by atoms with Crippen molar-refractivity contribution in [3.63, 3.8) is 0 Å². The molecule has 1 rings (SSSR count). The van der Waals surface area contributed by atoms with E-state index in [2.05, 4.69) is 48.5 Å². The molecule has 0 aliphatic rings. The highest BCUT2D eigenvalue weighted by Gasteiger charge is 2.20. The van der Waals surface area contributed by atoms with Crippen molar-refractivity contribution in [2.45, 2.75) is 33.2 Å². The van der Waals surface area contributed by atoms with Gasteiger partial charge in [-0.05, 0) is 50.3 Å². The quantitative estimate of drug-likeness (QED) is 0.673. The largest absolute Gasteiger partial charge is 0.252 e. The van der Waals surface area contributed by atoms with Crippen LogP contribution < -0.4 is 0 Å². The highest BCUT2D eigenvalue weighted by molar-refractivity contribution is 14.1. The van der Waals surface area contributed by atoms with E-state index in [0.29, 0.717) is 5.15 Å². The Bertz CT molecular complexity index is 299. The lowest BCUT2D eigenvalue weighted by Gasteiger charge is -2.20. The van der Waals surface area contributed by atoms with Crippen LogP contribution in [0.3, 0.4) is 0 Å². The molecule has 12 heavy (non-hydrogen) atoms. The molecular weight excluding hydrogens is 286 g/mol. The maximum Gasteiger partial charge on any atom is 0.155 e. The Labute approximate surface area is 91.4 Å². The summed E-state index contributed by atoms with van der Waals surface area (Å²) in [6, 6.07) is 0. The Hall–Kier alpha value is 0.230. The first-order valence-corrected chi connectivity index (χ1v) is 5.21. The van der Waals surface area contributed by atoms with E-state index in [1.807, 2.05) is 11.6 Å². The van der Waals surface area contributed by atoms with Gasteiger partial charge in [0, 0.05) is 5.56 Å². The zero-order chi connectivity index (χ0) is 9.52. The SMILES string of the molecule is Cc1c(Cl)nn(C(C)(C)C)c1I. The van der Waals surface area contributed by atoms with Crippen LogP contribution in [0.5, 0.6) is 0 Å². The van der Waals surface area contributed by atoms with E-state index in [1.54, 1.807) is 0 Å². The minimum Gasteiger partial charge on any atom is -0.252 e. The lowest BCUT2D eigenvalue weighted by molar-refractivity contribution is 0.347. The Balaban J connectivity index is 3.28. The van der Waals surface area contributed by atoms with E-state index in [-0.39, 0.29) is 5.54 Å². The Kier molecular flexibility index (Phi) is 2.73. The van der Waals surface area contributed by atoms with Crippen molar-refractivity contribution in [2.75, 3.05) is 0 Å². The van der Waals surface area contributed by atoms with Crippen LogP contribution in [-0.4, -0.2) is 9.78 Å². The molecule has 0 amide bonds. The van der Waals surface area contributed by atoms with Gasteiger partial charge in [0.1, 0.15) is 3.70 Å². The van der Waals surface area contributed by atoms with E-state index in [9.17, 15) is 0 Å². The number of rotatable bonds is 0. The molecule has 0 N–H and O–H groups in total. The molecule has 0 aromatic carbocycles. The van der Waals surface area contributed by atoms with Gasteiger partial charge < -0.3 is 0 Å². The van der Waals surface area contributed by atoms with E-state index >= 15 is 0 Å². The van der Waals surface area contributed by atoms with E-state index < -0.39 is 0 Å². The summed E-state index contributed by atoms with van der Waals surface area (Å²) in [5.74, 6) is 0. The van der Waals surface area contributed by atoms with Gasteiger partial charge >= 0.3 is 0 Å². The molecule has 0 aliphatic heterocycles. The van der Waals surface area contributed by atoms with Gasteiger partial charge in [0.05, 0.1) is 5.54 Å². The summed E-state index contributed by atoms with van der Waals surface area (Å²) in [4.78, 5) is 0. The molecule has 0 atom stereocenters. The van der Waals surface area contributed by atoms with Crippen molar-refractivity contribution in [2.24, 2.45) is 0 Å². The second kappa shape index (κ2) is 3.18. The topological polar surface area (TPSA) is 17.8 Å². The Morgan fingerprint density at radius 3 is 2.08 bits per heavy atom. The molecule has 1 aromatic rings. The Morgan fingerprint density at radius 2 is 1.92 bits per heavy atom. The monoisotopic (exact) mass is 298 g/mol. The fourth-order valence-corrected chi connectivity index (χ4v) is 2.31. The van der Waals surface area contributed by atoms with Crippen molar-refractivity contribution in [1.82, 2.24) is 9.78 Å². The molecule has 0 bridgehead atoms. The second-order valence-electron chi connectivity index (χ2n) is 3.79. The lowest BCUT2D eigenvalue weighted by atomic mass is 10.1. The third-order valence-electron chi connectivity index (χ3n) is 1.63. The fraction of sp³-hybridized carbons (Fsp3) is 0.625. The fourth-order valence-electron chi connectivity index (χ4n) is 0.895. The highest BCUT2D eigenvalue weighted by Crippen LogP contribution is 2.25. The maximum atomic E-state index is 5.90. The van der Waals surface area contributed by atoms with Crippen molar-refractivity contribution in [3.05, 3.63) is 14.4 Å². The smallest absolute Gasteiger partial charge is 0.155 e. The molecular formula is C8H12ClIN2. The van der Waals surface area contributed by atoms with Gasteiger partial charge in [-0.25, -0.2) is 0 Å². The first-order chi connectivity index (χ1) is 5.34. The molecule has 0 saturated carbocycles. The zero-order valence-corrected chi connectivity index (χ0v) is 10.6. The molecule has 0 spiro atoms. The van der Waals surface area contributed by atoms with Crippen LogP contribution in [-0.2, 0) is 5.54 Å². The minimum absolute atomic E-state index is 0.00836. The lowest BCUT2D eigenvalue weighted by Crippen LogP contribution is -2.24. The van der Waals surface area contributed by atoms with Gasteiger partial charge in [-0.3, -0.25) is 4.68 Å². The number of nitrogens with zero attached hydrogens (tertiary/aromatic N) is 2. The summed E-state index contributed by atoms with van der Waals surface area (Å²) in [5, 5.41) is 4.86. The van der Waals surface area contributed by atoms with Crippen LogP contribution in [0.15, 0.2) is 0 Å². The average molecular weight is 299 g/mol. The molecule has 0 unspecified atom stereocenters. The van der Waals surface area contributed by atoms with Gasteiger partial charge in [-0.1, -0.05) is 11.6 Å². The summed E-state index contributed by atoms with van der Waals surface area (Å²) in [6.07, 6.45) is 0. The Morgan fingerprint density at radius 1 is 1.42 bits per heavy atom. The maximum absolute atomic E-state index is 5.90. The molecule has 4 heteroatoms. The summed E-state index contributed by atoms with van der Waals surface area (Å²) in [5.41, 5.74) is 1.07. The third kappa shape index (κ3) is 1.76. The van der Waals surface area contributed by atoms with Gasteiger partial charge in [-0.2, -0.15) is 5.10 Å². The zero-order valence-electron chi connectivity index (χ0n) is 7.65. The van der Waals surface area contributed by atoms with Crippen molar-refractivity contribution in [1.29, 1.82) is 0 Å². The van der Waals surface area contributed by atoms with Crippen LogP contribution in [0.1, 0.15) is 26.3 Å². The molecule has 68 valence electrons. The number of halogens is 2. The van der Waals surface area contributed by atoms with Crippen molar-refractivity contribution in [3.8, 4) is 0 Å². The molecule has 0 radical (unpaired) electrons. The van der Waals surface area contributed by atoms with E-state index in [4.69, 9.17) is 11.6 Å². The first kappa shape index (κ1) is 10.3. The van der Waals surface area contributed by atoms with Gasteiger partial charge in [-0.15, -0.1) is 0 Å². The standard InChI is InChI=1S/C8H12ClIN2/c1-5-6(9)11-12(7(5)10)8(2,3)4/h1-4H3. The van der Waals surface area contributed by atoms with Crippen LogP contribution in [0.4, 0.5) is 0 Å². The number of hydrogen-bond donors (Lipinski definition) is 0. The number of aromatic nitrogens is 2. The predicted molar refractivity (Wildman–Crippen MR) is 59.7 cm³/mol. The molecule has 1 aromatic heterocycles. The van der Waals surface area contributed by atoms with Crippen LogP contribution in [0.25, 0.3) is 0 Å². The van der Waals surface area contributed by atoms with Gasteiger partial charge in [0.15, 0.2) is 5.15 Å². The van der Waals surface area contributed by atoms with Gasteiger partial charge in [0.25, 0.3) is 0 Å². The molecule has 0 aliphatic carbocycles. The van der Waals surface area contributed by atoms with E-state index in [0.717, 1.165) is 9.26 Å². The highest BCUT2D eigenvalue weighted by atomic mass is 127. The van der Waals surface area contributed by atoms with Crippen molar-refractivity contribution < 1.29 is 0 Å². The average Bonchev–Trinajstić information content (AvgIpc) is 2.15. The van der Waals surface area contributed by atoms with Crippen LogP contribution in [0, 0.1) is 10.6 Å². The third-order valence-corrected chi connectivity index (χ3v) is 3.25. The second-order valence-corrected chi connectivity index (χ2v) is 5.17. The molecule has 0 fully saturated rings. The van der Waals surface area contributed by atoms with Gasteiger partial charge in [0.2, 0.25) is 0 Å². The molecule has 2 nitrogen and oxygen atoms in total. The summed E-state index contributed by atoms with van der Waals surface area (Å²) >= 11 is 8.17. The van der Waals surface area contributed by atoms with Crippen molar-refractivity contribution >= 4 is 34.2 Å². The molecule has 1 heterocycles. The predicted octanol–water partition coefficient (Wildman–Crippen LogP) is 3.20. The minimum atomic E-state index is 0.00836. The normalized spacial score (nSPS) is 12.2. The number of hydrogen-bond acceptors (Lipinski definition) is 1. The van der Waals surface area contributed by atoms with Crippen LogP contribution >= 0.6 is 34.2 Å². The first-order valence-electron chi connectivity index (χ1n) is 3.75. The van der Waals surface area contributed by atoms with Crippen LogP contribution in [0.2, 0.25) is 5.15 Å². The summed E-state index contributed by atoms with van der Waals surface area (Å²) in [7, 11) is 0.